The molecule has 0 amide bonds. The second-order valence-electron chi connectivity index (χ2n) is 6.98. The van der Waals surface area contributed by atoms with E-state index < -0.39 is 17.7 Å². The zero-order valence-electron chi connectivity index (χ0n) is 17.6. The minimum absolute atomic E-state index is 0. The Morgan fingerprint density at radius 2 is 1.88 bits per heavy atom. The standard InChI is InChI=1S/C19H23F2N9O.ClH/c1-3-29-10-15(23-11-29)25-18-26-17(27-19(28-18)30-4-6-31-7-5-30)24-12(2)16-14(21)8-13(20)9-22-16;/h8-12H,3-7H2,1-2H3,(H2,24,25,26,27,28);1H/t12-;/m0./s1. The summed E-state index contributed by atoms with van der Waals surface area (Å²) in [4.78, 5) is 23.5. The molecular formula is C19H24ClF2N9O. The van der Waals surface area contributed by atoms with Crippen LogP contribution in [0.1, 0.15) is 25.6 Å². The fraction of sp³-hybridized carbons (Fsp3) is 0.421. The van der Waals surface area contributed by atoms with E-state index in [4.69, 9.17) is 4.74 Å². The number of nitrogens with zero attached hydrogens (tertiary/aromatic N) is 7. The summed E-state index contributed by atoms with van der Waals surface area (Å²) in [6.07, 6.45) is 4.52. The van der Waals surface area contributed by atoms with Gasteiger partial charge < -0.3 is 24.8 Å². The number of hydrogen-bond donors (Lipinski definition) is 2. The average Bonchev–Trinajstić information content (AvgIpc) is 3.21. The van der Waals surface area contributed by atoms with Gasteiger partial charge in [-0.3, -0.25) is 4.98 Å². The summed E-state index contributed by atoms with van der Waals surface area (Å²) in [5, 5.41) is 6.11. The van der Waals surface area contributed by atoms with Gasteiger partial charge in [0.15, 0.2) is 5.82 Å². The Labute approximate surface area is 189 Å². The van der Waals surface area contributed by atoms with Crippen LogP contribution in [0, 0.1) is 11.6 Å². The molecule has 10 nitrogen and oxygen atoms in total. The molecule has 0 bridgehead atoms. The first-order chi connectivity index (χ1) is 15.0. The van der Waals surface area contributed by atoms with Gasteiger partial charge in [-0.05, 0) is 13.8 Å². The highest BCUT2D eigenvalue weighted by Crippen LogP contribution is 2.22. The number of nitrogens with one attached hydrogen (secondary N) is 2. The van der Waals surface area contributed by atoms with Crippen LogP contribution in [0.15, 0.2) is 24.8 Å². The highest BCUT2D eigenvalue weighted by atomic mass is 35.5. The maximum absolute atomic E-state index is 14.1. The number of anilines is 4. The van der Waals surface area contributed by atoms with Gasteiger partial charge in [0.1, 0.15) is 11.6 Å². The van der Waals surface area contributed by atoms with Crippen molar-refractivity contribution in [2.45, 2.75) is 26.4 Å². The van der Waals surface area contributed by atoms with Crippen molar-refractivity contribution in [3.8, 4) is 0 Å². The van der Waals surface area contributed by atoms with E-state index in [0.29, 0.717) is 44.0 Å². The van der Waals surface area contributed by atoms with Crippen molar-refractivity contribution in [2.24, 2.45) is 0 Å². The topological polar surface area (TPSA) is 106 Å². The highest BCUT2D eigenvalue weighted by molar-refractivity contribution is 5.85. The Morgan fingerprint density at radius 3 is 2.56 bits per heavy atom. The molecule has 1 saturated heterocycles. The normalized spacial score (nSPS) is 14.6. The third-order valence-corrected chi connectivity index (χ3v) is 4.75. The summed E-state index contributed by atoms with van der Waals surface area (Å²) in [6.45, 7) is 6.90. The molecule has 0 spiro atoms. The molecule has 0 radical (unpaired) electrons. The van der Waals surface area contributed by atoms with E-state index >= 15 is 0 Å². The van der Waals surface area contributed by atoms with Crippen LogP contribution in [0.25, 0.3) is 0 Å². The van der Waals surface area contributed by atoms with Gasteiger partial charge in [0.2, 0.25) is 17.8 Å². The molecule has 13 heteroatoms. The maximum atomic E-state index is 14.1. The number of hydrogen-bond acceptors (Lipinski definition) is 9. The van der Waals surface area contributed by atoms with E-state index in [1.807, 2.05) is 22.6 Å². The summed E-state index contributed by atoms with van der Waals surface area (Å²) in [6, 6.07) is 0.192. The Hall–Kier alpha value is -3.12. The van der Waals surface area contributed by atoms with Crippen LogP contribution in [0.5, 0.6) is 0 Å². The SMILES string of the molecule is CCn1cnc(Nc2nc(N[C@@H](C)c3ncc(F)cc3F)nc(N3CCOCC3)n2)c1.Cl. The first-order valence-corrected chi connectivity index (χ1v) is 9.97. The summed E-state index contributed by atoms with van der Waals surface area (Å²) in [7, 11) is 0. The second kappa shape index (κ2) is 10.5. The van der Waals surface area contributed by atoms with Crippen LogP contribution < -0.4 is 15.5 Å². The first kappa shape index (κ1) is 23.5. The van der Waals surface area contributed by atoms with E-state index in [1.54, 1.807) is 13.3 Å². The predicted molar refractivity (Wildman–Crippen MR) is 117 cm³/mol. The largest absolute Gasteiger partial charge is 0.378 e. The number of rotatable bonds is 7. The van der Waals surface area contributed by atoms with E-state index in [9.17, 15) is 8.78 Å². The number of morpholine rings is 1. The summed E-state index contributed by atoms with van der Waals surface area (Å²) >= 11 is 0. The lowest BCUT2D eigenvalue weighted by Gasteiger charge is -2.27. The van der Waals surface area contributed by atoms with E-state index in [-0.39, 0.29) is 24.0 Å². The van der Waals surface area contributed by atoms with Gasteiger partial charge in [0, 0.05) is 31.9 Å². The summed E-state index contributed by atoms with van der Waals surface area (Å²) < 4.78 is 34.6. The Bertz CT molecular complexity index is 1050. The lowest BCUT2D eigenvalue weighted by Crippen LogP contribution is -2.37. The van der Waals surface area contributed by atoms with Crippen LogP contribution in [0.4, 0.5) is 32.4 Å². The van der Waals surface area contributed by atoms with Crippen molar-refractivity contribution >= 4 is 36.1 Å². The van der Waals surface area contributed by atoms with Gasteiger partial charge in [-0.2, -0.15) is 15.0 Å². The fourth-order valence-electron chi connectivity index (χ4n) is 3.11. The van der Waals surface area contributed by atoms with Crippen molar-refractivity contribution in [1.82, 2.24) is 29.5 Å². The highest BCUT2D eigenvalue weighted by Gasteiger charge is 2.20. The molecule has 3 aromatic heterocycles. The molecule has 2 N–H and O–H groups in total. The predicted octanol–water partition coefficient (Wildman–Crippen LogP) is 2.94. The summed E-state index contributed by atoms with van der Waals surface area (Å²) in [5.41, 5.74) is 0.0610. The van der Waals surface area contributed by atoms with Crippen LogP contribution in [0.2, 0.25) is 0 Å². The Kier molecular flexibility index (Phi) is 7.70. The van der Waals surface area contributed by atoms with Gasteiger partial charge in [0.05, 0.1) is 37.5 Å². The summed E-state index contributed by atoms with van der Waals surface area (Å²) in [5.74, 6) is 0.0864. The van der Waals surface area contributed by atoms with E-state index in [0.717, 1.165) is 18.8 Å². The number of halogens is 3. The monoisotopic (exact) mass is 467 g/mol. The Balaban J connectivity index is 0.00000289. The molecule has 1 aliphatic heterocycles. The molecule has 4 rings (SSSR count). The molecule has 172 valence electrons. The first-order valence-electron chi connectivity index (χ1n) is 9.97. The molecule has 0 unspecified atom stereocenters. The van der Waals surface area contributed by atoms with E-state index in [2.05, 4.69) is 35.6 Å². The molecule has 0 saturated carbocycles. The lowest BCUT2D eigenvalue weighted by molar-refractivity contribution is 0.122. The zero-order valence-corrected chi connectivity index (χ0v) is 18.4. The van der Waals surface area contributed by atoms with Crippen molar-refractivity contribution in [3.63, 3.8) is 0 Å². The molecule has 1 aliphatic rings. The second-order valence-corrected chi connectivity index (χ2v) is 6.98. The quantitative estimate of drug-likeness (QED) is 0.542. The lowest BCUT2D eigenvalue weighted by atomic mass is 10.2. The zero-order chi connectivity index (χ0) is 21.8. The van der Waals surface area contributed by atoms with Gasteiger partial charge in [-0.15, -0.1) is 12.4 Å². The fourth-order valence-corrected chi connectivity index (χ4v) is 3.11. The molecule has 3 aromatic rings. The molecule has 32 heavy (non-hydrogen) atoms. The molecule has 0 aromatic carbocycles. The molecule has 1 fully saturated rings. The van der Waals surface area contributed by atoms with Crippen LogP contribution >= 0.6 is 12.4 Å². The average molecular weight is 468 g/mol. The minimum atomic E-state index is -0.745. The maximum Gasteiger partial charge on any atom is 0.235 e. The Morgan fingerprint density at radius 1 is 1.12 bits per heavy atom. The number of aryl methyl sites for hydroxylation is 1. The number of imidazole rings is 1. The van der Waals surface area contributed by atoms with Crippen LogP contribution in [-0.2, 0) is 11.3 Å². The van der Waals surface area contributed by atoms with Gasteiger partial charge >= 0.3 is 0 Å². The van der Waals surface area contributed by atoms with Crippen LogP contribution in [0.3, 0.4) is 0 Å². The van der Waals surface area contributed by atoms with Gasteiger partial charge in [0.25, 0.3) is 0 Å². The molecule has 4 heterocycles. The van der Waals surface area contributed by atoms with Crippen LogP contribution in [-0.4, -0.2) is 55.8 Å². The smallest absolute Gasteiger partial charge is 0.235 e. The molecule has 1 atom stereocenters. The van der Waals surface area contributed by atoms with Crippen molar-refractivity contribution in [2.75, 3.05) is 41.8 Å². The molecular weight excluding hydrogens is 444 g/mol. The minimum Gasteiger partial charge on any atom is -0.378 e. The number of aromatic nitrogens is 6. The van der Waals surface area contributed by atoms with Crippen molar-refractivity contribution < 1.29 is 13.5 Å². The third kappa shape index (κ3) is 5.56. The third-order valence-electron chi connectivity index (χ3n) is 4.75. The van der Waals surface area contributed by atoms with Crippen molar-refractivity contribution in [1.29, 1.82) is 0 Å². The van der Waals surface area contributed by atoms with Gasteiger partial charge in [-0.1, -0.05) is 0 Å². The number of ether oxygens (including phenoxy) is 1. The van der Waals surface area contributed by atoms with Gasteiger partial charge in [-0.25, -0.2) is 13.8 Å². The van der Waals surface area contributed by atoms with E-state index in [1.165, 1.54) is 0 Å². The number of pyridine rings is 1. The molecule has 0 aliphatic carbocycles. The van der Waals surface area contributed by atoms with Crippen molar-refractivity contribution in [3.05, 3.63) is 42.1 Å².